The van der Waals surface area contributed by atoms with Crippen LogP contribution in [0.5, 0.6) is 0 Å². The minimum absolute atomic E-state index is 0.0596. The molecule has 1 unspecified atom stereocenters. The second-order valence-corrected chi connectivity index (χ2v) is 7.54. The monoisotopic (exact) mass is 343 g/mol. The molecule has 1 rings (SSSR count). The maximum atomic E-state index is 11.5. The Labute approximate surface area is 138 Å². The van der Waals surface area contributed by atoms with Gasteiger partial charge in [-0.1, -0.05) is 36.9 Å². The van der Waals surface area contributed by atoms with E-state index in [1.165, 1.54) is 0 Å². The van der Waals surface area contributed by atoms with E-state index in [0.29, 0.717) is 17.6 Å². The van der Waals surface area contributed by atoms with Gasteiger partial charge in [0.15, 0.2) is 0 Å². The summed E-state index contributed by atoms with van der Waals surface area (Å²) < 4.78 is 27.1. The SMILES string of the molecule is C=Cc1ccc(COCCOP(=O)([O-])OCC[N+](C)(C)C)cc1. The molecule has 0 fully saturated rings. The van der Waals surface area contributed by atoms with Crippen LogP contribution in [-0.4, -0.2) is 52.0 Å². The van der Waals surface area contributed by atoms with E-state index in [0.717, 1.165) is 11.1 Å². The van der Waals surface area contributed by atoms with Crippen LogP contribution >= 0.6 is 7.82 Å². The van der Waals surface area contributed by atoms with Gasteiger partial charge in [0.2, 0.25) is 0 Å². The maximum Gasteiger partial charge on any atom is 0.268 e. The molecule has 0 N–H and O–H groups in total. The van der Waals surface area contributed by atoms with Crippen molar-refractivity contribution >= 4 is 13.9 Å². The lowest BCUT2D eigenvalue weighted by molar-refractivity contribution is -0.870. The Kier molecular flexibility index (Phi) is 8.12. The number of nitrogens with zero attached hydrogens (tertiary/aromatic N) is 1. The van der Waals surface area contributed by atoms with Crippen LogP contribution in [0.3, 0.4) is 0 Å². The van der Waals surface area contributed by atoms with Gasteiger partial charge in [0.05, 0.1) is 41.0 Å². The van der Waals surface area contributed by atoms with Crippen LogP contribution in [0.15, 0.2) is 30.8 Å². The van der Waals surface area contributed by atoms with Crippen LogP contribution in [0.2, 0.25) is 0 Å². The molecule has 6 nitrogen and oxygen atoms in total. The number of likely N-dealkylation sites (N-methyl/N-ethyl adjacent to an activating group) is 1. The van der Waals surface area contributed by atoms with Crippen molar-refractivity contribution in [2.24, 2.45) is 0 Å². The highest BCUT2D eigenvalue weighted by atomic mass is 31.2. The highest BCUT2D eigenvalue weighted by Crippen LogP contribution is 2.37. The lowest BCUT2D eigenvalue weighted by Crippen LogP contribution is -2.37. The lowest BCUT2D eigenvalue weighted by atomic mass is 10.1. The zero-order valence-corrected chi connectivity index (χ0v) is 15.0. The zero-order valence-electron chi connectivity index (χ0n) is 14.1. The summed E-state index contributed by atoms with van der Waals surface area (Å²) in [7, 11) is 1.61. The summed E-state index contributed by atoms with van der Waals surface area (Å²) in [4.78, 5) is 11.5. The molecular weight excluding hydrogens is 317 g/mol. The quantitative estimate of drug-likeness (QED) is 0.349. The van der Waals surface area contributed by atoms with Gasteiger partial charge in [-0.05, 0) is 11.1 Å². The van der Waals surface area contributed by atoms with E-state index in [-0.39, 0.29) is 19.8 Å². The van der Waals surface area contributed by atoms with Gasteiger partial charge in [0.25, 0.3) is 7.82 Å². The van der Waals surface area contributed by atoms with Gasteiger partial charge in [-0.3, -0.25) is 4.57 Å². The predicted molar refractivity (Wildman–Crippen MR) is 88.6 cm³/mol. The third kappa shape index (κ3) is 9.66. The summed E-state index contributed by atoms with van der Waals surface area (Å²) in [5.74, 6) is 0. The van der Waals surface area contributed by atoms with Gasteiger partial charge in [-0.2, -0.15) is 0 Å². The second kappa shape index (κ2) is 9.33. The van der Waals surface area contributed by atoms with Crippen LogP contribution < -0.4 is 4.89 Å². The molecule has 1 aromatic carbocycles. The molecule has 23 heavy (non-hydrogen) atoms. The minimum Gasteiger partial charge on any atom is -0.756 e. The third-order valence-electron chi connectivity index (χ3n) is 2.97. The summed E-state index contributed by atoms with van der Waals surface area (Å²) in [5.41, 5.74) is 2.04. The molecule has 0 radical (unpaired) electrons. The minimum atomic E-state index is -4.25. The van der Waals surface area contributed by atoms with E-state index in [1.54, 1.807) is 6.08 Å². The van der Waals surface area contributed by atoms with Crippen molar-refractivity contribution in [1.82, 2.24) is 0 Å². The summed E-state index contributed by atoms with van der Waals surface area (Å²) in [6, 6.07) is 7.75. The van der Waals surface area contributed by atoms with Crippen molar-refractivity contribution in [2.45, 2.75) is 6.61 Å². The van der Waals surface area contributed by atoms with Crippen molar-refractivity contribution in [3.63, 3.8) is 0 Å². The summed E-state index contributed by atoms with van der Waals surface area (Å²) in [6.45, 7) is 4.87. The molecule has 0 spiro atoms. The summed E-state index contributed by atoms with van der Waals surface area (Å²) in [5, 5.41) is 0. The molecule has 7 heteroatoms. The average Bonchev–Trinajstić information content (AvgIpc) is 2.46. The van der Waals surface area contributed by atoms with Gasteiger partial charge >= 0.3 is 0 Å². The Hall–Kier alpha value is -1.01. The van der Waals surface area contributed by atoms with E-state index in [1.807, 2.05) is 45.4 Å². The van der Waals surface area contributed by atoms with Crippen molar-refractivity contribution < 1.29 is 27.7 Å². The predicted octanol–water partition coefficient (Wildman–Crippen LogP) is 2.05. The highest BCUT2D eigenvalue weighted by Gasteiger charge is 2.13. The molecule has 1 atom stereocenters. The molecular formula is C16H26NO5P. The molecule has 0 aliphatic carbocycles. The maximum absolute atomic E-state index is 11.5. The second-order valence-electron chi connectivity index (χ2n) is 6.13. The number of benzene rings is 1. The number of rotatable bonds is 11. The van der Waals surface area contributed by atoms with Crippen LogP contribution in [0.1, 0.15) is 11.1 Å². The number of quaternary nitrogens is 1. The smallest absolute Gasteiger partial charge is 0.268 e. The molecule has 0 aliphatic rings. The fraction of sp³-hybridized carbons (Fsp3) is 0.500. The first kappa shape index (κ1) is 20.0. The molecule has 0 aliphatic heterocycles. The van der Waals surface area contributed by atoms with Gasteiger partial charge in [0.1, 0.15) is 13.2 Å². The molecule has 1 aromatic rings. The van der Waals surface area contributed by atoms with E-state index in [2.05, 4.69) is 6.58 Å². The Morgan fingerprint density at radius 2 is 1.74 bits per heavy atom. The Balaban J connectivity index is 2.17. The van der Waals surface area contributed by atoms with Gasteiger partial charge < -0.3 is 23.2 Å². The first-order valence-electron chi connectivity index (χ1n) is 7.41. The number of phosphoric acid groups is 1. The largest absolute Gasteiger partial charge is 0.756 e. The third-order valence-corrected chi connectivity index (χ3v) is 3.97. The van der Waals surface area contributed by atoms with Gasteiger partial charge in [0, 0.05) is 0 Å². The van der Waals surface area contributed by atoms with E-state index >= 15 is 0 Å². The molecule has 0 amide bonds. The summed E-state index contributed by atoms with van der Waals surface area (Å²) in [6.07, 6.45) is 1.77. The van der Waals surface area contributed by atoms with Crippen molar-refractivity contribution in [3.05, 3.63) is 42.0 Å². The van der Waals surface area contributed by atoms with Gasteiger partial charge in [-0.25, -0.2) is 0 Å². The van der Waals surface area contributed by atoms with E-state index in [4.69, 9.17) is 13.8 Å². The fourth-order valence-electron chi connectivity index (χ4n) is 1.61. The van der Waals surface area contributed by atoms with E-state index in [9.17, 15) is 9.46 Å². The van der Waals surface area contributed by atoms with Crippen molar-refractivity contribution in [1.29, 1.82) is 0 Å². The first-order chi connectivity index (χ1) is 10.7. The normalized spacial score (nSPS) is 14.4. The van der Waals surface area contributed by atoms with Crippen LogP contribution in [0.25, 0.3) is 6.08 Å². The molecule has 0 saturated heterocycles. The fourth-order valence-corrected chi connectivity index (χ4v) is 2.29. The molecule has 0 aromatic heterocycles. The van der Waals surface area contributed by atoms with Crippen molar-refractivity contribution in [3.8, 4) is 0 Å². The summed E-state index contributed by atoms with van der Waals surface area (Å²) >= 11 is 0. The molecule has 0 bridgehead atoms. The first-order valence-corrected chi connectivity index (χ1v) is 8.88. The Bertz CT molecular complexity index is 524. The standard InChI is InChI=1S/C16H26NO5P/c1-5-15-6-8-16(9-7-15)14-20-12-13-22-23(18,19)21-11-10-17(2,3)4/h5-9H,1,10-14H2,2-4H3. The van der Waals surface area contributed by atoms with Crippen LogP contribution in [0, 0.1) is 0 Å². The van der Waals surface area contributed by atoms with Crippen molar-refractivity contribution in [2.75, 3.05) is 47.5 Å². The Morgan fingerprint density at radius 3 is 2.30 bits per heavy atom. The zero-order chi connectivity index (χ0) is 17.3. The van der Waals surface area contributed by atoms with Crippen LogP contribution in [0.4, 0.5) is 0 Å². The Morgan fingerprint density at radius 1 is 1.13 bits per heavy atom. The van der Waals surface area contributed by atoms with Crippen LogP contribution in [-0.2, 0) is 25.0 Å². The highest BCUT2D eigenvalue weighted by molar-refractivity contribution is 7.45. The van der Waals surface area contributed by atoms with E-state index < -0.39 is 7.82 Å². The number of hydrogen-bond acceptors (Lipinski definition) is 5. The number of hydrogen-bond donors (Lipinski definition) is 0. The average molecular weight is 343 g/mol. The number of ether oxygens (including phenoxy) is 1. The topological polar surface area (TPSA) is 67.8 Å². The molecule has 0 saturated carbocycles. The number of phosphoric ester groups is 1. The molecule has 0 heterocycles. The molecule has 130 valence electrons. The lowest BCUT2D eigenvalue weighted by Gasteiger charge is -2.27. The van der Waals surface area contributed by atoms with Gasteiger partial charge in [-0.15, -0.1) is 0 Å².